The highest BCUT2D eigenvalue weighted by Crippen LogP contribution is 2.29. The van der Waals surface area contributed by atoms with Crippen molar-refractivity contribution in [3.8, 4) is 17.2 Å². The SMILES string of the molecule is C[n+]1ccc(C(C)(C)C)cc1-c1cc(C(C)(C)C)cc(-n2cc(C(C)(C)C)c[n+]2C)[n+]1C. The first-order valence-electron chi connectivity index (χ1n) is 11.6. The predicted octanol–water partition coefficient (Wildman–Crippen LogP) is 4.51. The Bertz CT molecular complexity index is 1150. The van der Waals surface area contributed by atoms with Crippen molar-refractivity contribution < 1.29 is 13.8 Å². The van der Waals surface area contributed by atoms with Gasteiger partial charge in [-0.1, -0.05) is 62.3 Å². The van der Waals surface area contributed by atoms with Gasteiger partial charge >= 0.3 is 5.82 Å². The van der Waals surface area contributed by atoms with Gasteiger partial charge in [-0.3, -0.25) is 0 Å². The maximum atomic E-state index is 2.36. The lowest BCUT2D eigenvalue weighted by Gasteiger charge is -2.21. The molecule has 0 bridgehead atoms. The molecule has 0 saturated carbocycles. The third-order valence-corrected chi connectivity index (χ3v) is 6.45. The van der Waals surface area contributed by atoms with E-state index >= 15 is 0 Å². The van der Waals surface area contributed by atoms with Crippen LogP contribution in [-0.2, 0) is 37.4 Å². The molecule has 3 aromatic rings. The molecule has 0 aliphatic rings. The molecule has 0 amide bonds. The molecule has 0 unspecified atom stereocenters. The van der Waals surface area contributed by atoms with Gasteiger partial charge in [0.05, 0.1) is 12.6 Å². The molecule has 0 aliphatic heterocycles. The summed E-state index contributed by atoms with van der Waals surface area (Å²) >= 11 is 0. The van der Waals surface area contributed by atoms with Crippen LogP contribution >= 0.6 is 0 Å². The van der Waals surface area contributed by atoms with Gasteiger partial charge in [-0.25, -0.2) is 4.57 Å². The fraction of sp³-hybridized carbons (Fsp3) is 0.536. The van der Waals surface area contributed by atoms with E-state index in [0.717, 1.165) is 5.82 Å². The van der Waals surface area contributed by atoms with E-state index in [4.69, 9.17) is 0 Å². The first kappa shape index (κ1) is 24.2. The van der Waals surface area contributed by atoms with Crippen molar-refractivity contribution in [1.29, 1.82) is 0 Å². The van der Waals surface area contributed by atoms with Gasteiger partial charge in [0.1, 0.15) is 7.05 Å². The summed E-state index contributed by atoms with van der Waals surface area (Å²) in [6.07, 6.45) is 6.70. The van der Waals surface area contributed by atoms with Gasteiger partial charge in [0.25, 0.3) is 5.69 Å². The van der Waals surface area contributed by atoms with Crippen LogP contribution in [0.4, 0.5) is 0 Å². The number of pyridine rings is 2. The van der Waals surface area contributed by atoms with Crippen LogP contribution in [0.1, 0.15) is 79.0 Å². The zero-order chi connectivity index (χ0) is 24.2. The highest BCUT2D eigenvalue weighted by Gasteiger charge is 2.32. The Morgan fingerprint density at radius 2 is 1.19 bits per heavy atom. The maximum Gasteiger partial charge on any atom is 0.343 e. The van der Waals surface area contributed by atoms with E-state index in [0.29, 0.717) is 0 Å². The molecule has 4 heteroatoms. The van der Waals surface area contributed by atoms with E-state index in [-0.39, 0.29) is 16.2 Å². The summed E-state index contributed by atoms with van der Waals surface area (Å²) in [7, 11) is 6.44. The first-order chi connectivity index (χ1) is 14.5. The van der Waals surface area contributed by atoms with E-state index in [1.54, 1.807) is 0 Å². The summed E-state index contributed by atoms with van der Waals surface area (Å²) in [5, 5.41) is 0. The minimum atomic E-state index is 0.0382. The average molecular weight is 436 g/mol. The zero-order valence-electron chi connectivity index (χ0n) is 22.3. The number of nitrogens with zero attached hydrogens (tertiary/aromatic N) is 4. The third kappa shape index (κ3) is 4.65. The minimum Gasteiger partial charge on any atom is -0.219 e. The van der Waals surface area contributed by atoms with Crippen LogP contribution < -0.4 is 13.8 Å². The lowest BCUT2D eigenvalue weighted by molar-refractivity contribution is -0.764. The largest absolute Gasteiger partial charge is 0.343 e. The molecule has 4 nitrogen and oxygen atoms in total. The number of rotatable bonds is 2. The third-order valence-electron chi connectivity index (χ3n) is 6.45. The quantitative estimate of drug-likeness (QED) is 0.527. The summed E-state index contributed by atoms with van der Waals surface area (Å²) in [5.41, 5.74) is 6.66. The Morgan fingerprint density at radius 1 is 0.656 bits per heavy atom. The van der Waals surface area contributed by atoms with Gasteiger partial charge in [0, 0.05) is 22.9 Å². The van der Waals surface area contributed by atoms with Crippen LogP contribution in [0.3, 0.4) is 0 Å². The monoisotopic (exact) mass is 435 g/mol. The highest BCUT2D eigenvalue weighted by molar-refractivity contribution is 5.52. The van der Waals surface area contributed by atoms with E-state index in [1.165, 1.54) is 28.1 Å². The molecule has 0 saturated heterocycles. The molecular weight excluding hydrogens is 392 g/mol. The molecular formula is C28H43N4+3. The second-order valence-corrected chi connectivity index (χ2v) is 12.3. The Labute approximate surface area is 195 Å². The Balaban J connectivity index is 2.35. The van der Waals surface area contributed by atoms with Crippen molar-refractivity contribution in [1.82, 2.24) is 4.68 Å². The van der Waals surface area contributed by atoms with Crippen molar-refractivity contribution in [3.63, 3.8) is 0 Å². The molecule has 172 valence electrons. The van der Waals surface area contributed by atoms with Crippen LogP contribution in [-0.4, -0.2) is 4.68 Å². The summed E-state index contributed by atoms with van der Waals surface area (Å²) in [6, 6.07) is 9.28. The summed E-state index contributed by atoms with van der Waals surface area (Å²) in [6.45, 7) is 20.5. The Morgan fingerprint density at radius 3 is 1.69 bits per heavy atom. The predicted molar refractivity (Wildman–Crippen MR) is 131 cm³/mol. The number of aromatic nitrogens is 4. The molecule has 0 fully saturated rings. The van der Waals surface area contributed by atoms with Gasteiger partial charge in [0.2, 0.25) is 6.20 Å². The van der Waals surface area contributed by atoms with Crippen molar-refractivity contribution >= 4 is 0 Å². The van der Waals surface area contributed by atoms with E-state index in [2.05, 4.69) is 145 Å². The van der Waals surface area contributed by atoms with E-state index in [1.807, 2.05) is 0 Å². The van der Waals surface area contributed by atoms with Crippen LogP contribution in [0.25, 0.3) is 17.2 Å². The van der Waals surface area contributed by atoms with Crippen LogP contribution in [0, 0.1) is 0 Å². The van der Waals surface area contributed by atoms with Crippen LogP contribution in [0.2, 0.25) is 0 Å². The lowest BCUT2D eigenvalue weighted by Crippen LogP contribution is -2.47. The minimum absolute atomic E-state index is 0.0382. The van der Waals surface area contributed by atoms with E-state index < -0.39 is 0 Å². The standard InChI is InChI=1S/C28H43N4/c1-26(2,3)20-13-14-29(10)23(15-20)24-16-21(27(4,5)6)17-25(31(24)12)32-19-22(18-30(32)11)28(7,8)9/h13-19H,1-12H3/q+3. The van der Waals surface area contributed by atoms with Gasteiger partial charge in [0.15, 0.2) is 25.1 Å². The fourth-order valence-corrected chi connectivity index (χ4v) is 3.97. The maximum absolute atomic E-state index is 2.36. The van der Waals surface area contributed by atoms with Gasteiger partial charge < -0.3 is 0 Å². The molecule has 0 spiro atoms. The van der Waals surface area contributed by atoms with Gasteiger partial charge in [-0.2, -0.15) is 4.57 Å². The molecule has 0 aromatic carbocycles. The molecule has 0 atom stereocenters. The number of hydrogen-bond acceptors (Lipinski definition) is 0. The number of hydrogen-bond donors (Lipinski definition) is 0. The second kappa shape index (κ2) is 7.83. The lowest BCUT2D eigenvalue weighted by atomic mass is 9.85. The van der Waals surface area contributed by atoms with Crippen LogP contribution in [0.5, 0.6) is 0 Å². The van der Waals surface area contributed by atoms with E-state index in [9.17, 15) is 0 Å². The normalized spacial score (nSPS) is 13.0. The molecule has 3 rings (SSSR count). The van der Waals surface area contributed by atoms with Crippen molar-refractivity contribution in [2.75, 3.05) is 0 Å². The average Bonchev–Trinajstić information content (AvgIpc) is 3.02. The Kier molecular flexibility index (Phi) is 5.91. The molecule has 0 radical (unpaired) electrons. The number of aryl methyl sites for hydroxylation is 2. The van der Waals surface area contributed by atoms with Crippen molar-refractivity contribution in [2.24, 2.45) is 21.1 Å². The summed E-state index contributed by atoms with van der Waals surface area (Å²) < 4.78 is 9.02. The van der Waals surface area contributed by atoms with Crippen LogP contribution in [0.15, 0.2) is 42.9 Å². The molecule has 32 heavy (non-hydrogen) atoms. The van der Waals surface area contributed by atoms with Crippen molar-refractivity contribution in [3.05, 3.63) is 59.5 Å². The highest BCUT2D eigenvalue weighted by atomic mass is 15.4. The van der Waals surface area contributed by atoms with Gasteiger partial charge in [-0.05, 0) is 38.1 Å². The second-order valence-electron chi connectivity index (χ2n) is 12.3. The summed E-state index contributed by atoms with van der Waals surface area (Å²) in [4.78, 5) is 0. The topological polar surface area (TPSA) is 16.6 Å². The molecule has 3 heterocycles. The molecule has 0 N–H and O–H groups in total. The smallest absolute Gasteiger partial charge is 0.219 e. The zero-order valence-corrected chi connectivity index (χ0v) is 22.3. The molecule has 3 aromatic heterocycles. The van der Waals surface area contributed by atoms with Gasteiger partial charge in [-0.15, -0.1) is 0 Å². The van der Waals surface area contributed by atoms with Crippen molar-refractivity contribution in [2.45, 2.75) is 78.6 Å². The fourth-order valence-electron chi connectivity index (χ4n) is 3.97. The molecule has 0 aliphatic carbocycles. The first-order valence-corrected chi connectivity index (χ1v) is 11.6. The Hall–Kier alpha value is -2.49. The summed E-state index contributed by atoms with van der Waals surface area (Å²) in [5.74, 6) is 1.16.